The highest BCUT2D eigenvalue weighted by Gasteiger charge is 2.09. The van der Waals surface area contributed by atoms with Crippen LogP contribution in [0.5, 0.6) is 0 Å². The topological polar surface area (TPSA) is 54.0 Å². The molecule has 1 aromatic heterocycles. The predicted molar refractivity (Wildman–Crippen MR) is 80.7 cm³/mol. The first kappa shape index (κ1) is 14.5. The molecule has 0 radical (unpaired) electrons. The van der Waals surface area contributed by atoms with Crippen molar-refractivity contribution in [3.05, 3.63) is 59.4 Å². The van der Waals surface area contributed by atoms with Gasteiger partial charge in [0.1, 0.15) is 0 Å². The fourth-order valence-corrected chi connectivity index (χ4v) is 1.95. The van der Waals surface area contributed by atoms with Crippen molar-refractivity contribution in [3.63, 3.8) is 0 Å². The van der Waals surface area contributed by atoms with Crippen molar-refractivity contribution in [3.8, 4) is 0 Å². The van der Waals surface area contributed by atoms with E-state index in [1.165, 1.54) is 0 Å². The Kier molecular flexibility index (Phi) is 5.09. The van der Waals surface area contributed by atoms with Crippen molar-refractivity contribution in [1.82, 2.24) is 10.3 Å². The third-order valence-electron chi connectivity index (χ3n) is 2.90. The summed E-state index contributed by atoms with van der Waals surface area (Å²) in [5.74, 6) is -0.150. The Labute approximate surface area is 123 Å². The molecule has 104 valence electrons. The number of amides is 1. The molecular weight excluding hydrogens is 274 g/mol. The van der Waals surface area contributed by atoms with Crippen LogP contribution in [0.3, 0.4) is 0 Å². The molecule has 0 aliphatic carbocycles. The highest BCUT2D eigenvalue weighted by Crippen LogP contribution is 2.17. The molecule has 0 bridgehead atoms. The van der Waals surface area contributed by atoms with Crippen LogP contribution in [-0.2, 0) is 4.79 Å². The van der Waals surface area contributed by atoms with Gasteiger partial charge in [-0.15, -0.1) is 0 Å². The fourth-order valence-electron chi connectivity index (χ4n) is 1.78. The molecule has 1 amide bonds. The molecule has 0 saturated carbocycles. The number of pyridine rings is 1. The van der Waals surface area contributed by atoms with Crippen molar-refractivity contribution in [1.29, 1.82) is 0 Å². The summed E-state index contributed by atoms with van der Waals surface area (Å²) in [6.45, 7) is 2.22. The number of halogens is 1. The van der Waals surface area contributed by atoms with Crippen LogP contribution in [0.1, 0.15) is 18.5 Å². The summed E-state index contributed by atoms with van der Waals surface area (Å²) in [5, 5.41) is 6.17. The van der Waals surface area contributed by atoms with Gasteiger partial charge >= 0.3 is 0 Å². The Hall–Kier alpha value is -1.91. The number of carbonyl (C=O) groups excluding carboxylic acids is 1. The highest BCUT2D eigenvalue weighted by atomic mass is 35.5. The van der Waals surface area contributed by atoms with Gasteiger partial charge in [-0.2, -0.15) is 0 Å². The van der Waals surface area contributed by atoms with Gasteiger partial charge in [0.25, 0.3) is 0 Å². The number of nitrogens with zero attached hydrogens (tertiary/aromatic N) is 1. The minimum atomic E-state index is -0.150. The third-order valence-corrected chi connectivity index (χ3v) is 3.20. The van der Waals surface area contributed by atoms with Crippen molar-refractivity contribution < 1.29 is 4.79 Å². The second-order valence-corrected chi connectivity index (χ2v) is 4.76. The van der Waals surface area contributed by atoms with Crippen LogP contribution in [-0.4, -0.2) is 17.4 Å². The molecule has 0 aliphatic heterocycles. The van der Waals surface area contributed by atoms with Gasteiger partial charge in [0, 0.05) is 12.2 Å². The van der Waals surface area contributed by atoms with Crippen molar-refractivity contribution in [2.24, 2.45) is 0 Å². The summed E-state index contributed by atoms with van der Waals surface area (Å²) >= 11 is 5.88. The monoisotopic (exact) mass is 289 g/mol. The van der Waals surface area contributed by atoms with Crippen molar-refractivity contribution >= 4 is 23.2 Å². The van der Waals surface area contributed by atoms with Gasteiger partial charge < -0.3 is 10.6 Å². The van der Waals surface area contributed by atoms with E-state index in [1.807, 2.05) is 37.3 Å². The quantitative estimate of drug-likeness (QED) is 0.832. The van der Waals surface area contributed by atoms with Crippen molar-refractivity contribution in [2.75, 3.05) is 11.9 Å². The van der Waals surface area contributed by atoms with E-state index in [-0.39, 0.29) is 23.6 Å². The van der Waals surface area contributed by atoms with Crippen LogP contribution >= 0.6 is 11.6 Å². The molecule has 1 aromatic carbocycles. The summed E-state index contributed by atoms with van der Waals surface area (Å²) < 4.78 is 0. The van der Waals surface area contributed by atoms with Gasteiger partial charge in [-0.25, -0.2) is 4.98 Å². The highest BCUT2D eigenvalue weighted by molar-refractivity contribution is 6.32. The first-order valence-electron chi connectivity index (χ1n) is 6.35. The Morgan fingerprint density at radius 1 is 1.25 bits per heavy atom. The van der Waals surface area contributed by atoms with Gasteiger partial charge in [0.05, 0.1) is 12.2 Å². The van der Waals surface area contributed by atoms with Gasteiger partial charge in [-0.1, -0.05) is 41.9 Å². The lowest BCUT2D eigenvalue weighted by atomic mass is 10.1. The van der Waals surface area contributed by atoms with Crippen LogP contribution in [0.25, 0.3) is 0 Å². The average molecular weight is 290 g/mol. The molecule has 2 rings (SSSR count). The Morgan fingerprint density at radius 2 is 2.00 bits per heavy atom. The number of hydrogen-bond donors (Lipinski definition) is 2. The summed E-state index contributed by atoms with van der Waals surface area (Å²) in [4.78, 5) is 15.7. The molecule has 1 atom stereocenters. The molecule has 5 heteroatoms. The van der Waals surface area contributed by atoms with E-state index in [0.29, 0.717) is 5.69 Å². The molecule has 2 aromatic rings. The standard InChI is InChI=1S/C15H16ClN3O/c1-11(12-6-3-2-4-7-12)18-10-14(20)19-13-8-5-9-17-15(13)16/h2-9,11,18H,10H2,1H3,(H,19,20)/t11-/m0/s1. The average Bonchev–Trinajstić information content (AvgIpc) is 2.48. The van der Waals surface area contributed by atoms with Gasteiger partial charge in [-0.05, 0) is 24.6 Å². The molecule has 1 heterocycles. The van der Waals surface area contributed by atoms with Crippen LogP contribution in [0.4, 0.5) is 5.69 Å². The Bertz CT molecular complexity index is 574. The molecule has 0 fully saturated rings. The maximum Gasteiger partial charge on any atom is 0.238 e. The number of benzene rings is 1. The van der Waals surface area contributed by atoms with E-state index < -0.39 is 0 Å². The molecule has 4 nitrogen and oxygen atoms in total. The summed E-state index contributed by atoms with van der Waals surface area (Å²) in [6, 6.07) is 13.5. The first-order chi connectivity index (χ1) is 9.66. The van der Waals surface area contributed by atoms with E-state index in [4.69, 9.17) is 11.6 Å². The fraction of sp³-hybridized carbons (Fsp3) is 0.200. The number of carbonyl (C=O) groups is 1. The molecule has 0 aliphatic rings. The minimum absolute atomic E-state index is 0.103. The molecule has 0 spiro atoms. The Morgan fingerprint density at radius 3 is 2.70 bits per heavy atom. The van der Waals surface area contributed by atoms with Crippen LogP contribution in [0.15, 0.2) is 48.7 Å². The van der Waals surface area contributed by atoms with Crippen molar-refractivity contribution in [2.45, 2.75) is 13.0 Å². The van der Waals surface area contributed by atoms with Crippen LogP contribution in [0.2, 0.25) is 5.15 Å². The maximum absolute atomic E-state index is 11.8. The lowest BCUT2D eigenvalue weighted by Gasteiger charge is -2.14. The third kappa shape index (κ3) is 4.05. The normalized spacial score (nSPS) is 11.9. The second-order valence-electron chi connectivity index (χ2n) is 4.40. The zero-order valence-corrected chi connectivity index (χ0v) is 11.9. The molecular formula is C15H16ClN3O. The lowest BCUT2D eigenvalue weighted by Crippen LogP contribution is -2.30. The van der Waals surface area contributed by atoms with E-state index in [2.05, 4.69) is 15.6 Å². The van der Waals surface area contributed by atoms with Gasteiger partial charge in [-0.3, -0.25) is 4.79 Å². The molecule has 20 heavy (non-hydrogen) atoms. The minimum Gasteiger partial charge on any atom is -0.322 e. The van der Waals surface area contributed by atoms with Gasteiger partial charge in [0.15, 0.2) is 5.15 Å². The number of hydrogen-bond acceptors (Lipinski definition) is 3. The number of nitrogens with one attached hydrogen (secondary N) is 2. The summed E-state index contributed by atoms with van der Waals surface area (Å²) in [5.41, 5.74) is 1.66. The number of aromatic nitrogens is 1. The van der Waals surface area contributed by atoms with E-state index in [1.54, 1.807) is 18.3 Å². The van der Waals surface area contributed by atoms with Crippen LogP contribution < -0.4 is 10.6 Å². The smallest absolute Gasteiger partial charge is 0.238 e. The zero-order chi connectivity index (χ0) is 14.4. The lowest BCUT2D eigenvalue weighted by molar-refractivity contribution is -0.115. The maximum atomic E-state index is 11.8. The Balaban J connectivity index is 1.85. The van der Waals surface area contributed by atoms with E-state index in [9.17, 15) is 4.79 Å². The summed E-state index contributed by atoms with van der Waals surface area (Å²) in [7, 11) is 0. The first-order valence-corrected chi connectivity index (χ1v) is 6.73. The van der Waals surface area contributed by atoms with E-state index >= 15 is 0 Å². The molecule has 2 N–H and O–H groups in total. The molecule has 0 saturated heterocycles. The second kappa shape index (κ2) is 7.03. The predicted octanol–water partition coefficient (Wildman–Crippen LogP) is 3.02. The zero-order valence-electron chi connectivity index (χ0n) is 11.1. The van der Waals surface area contributed by atoms with Gasteiger partial charge in [0.2, 0.25) is 5.91 Å². The van der Waals surface area contributed by atoms with Crippen LogP contribution in [0, 0.1) is 0 Å². The SMILES string of the molecule is C[C@H](NCC(=O)Nc1cccnc1Cl)c1ccccc1. The number of rotatable bonds is 5. The largest absolute Gasteiger partial charge is 0.322 e. The number of anilines is 1. The summed E-state index contributed by atoms with van der Waals surface area (Å²) in [6.07, 6.45) is 1.58. The molecule has 0 unspecified atom stereocenters. The van der Waals surface area contributed by atoms with E-state index in [0.717, 1.165) is 5.56 Å².